The van der Waals surface area contributed by atoms with Crippen molar-refractivity contribution in [3.63, 3.8) is 0 Å². The molecule has 0 aliphatic carbocycles. The summed E-state index contributed by atoms with van der Waals surface area (Å²) in [6.45, 7) is 5.55. The molecule has 0 bridgehead atoms. The van der Waals surface area contributed by atoms with Gasteiger partial charge in [0.1, 0.15) is 23.0 Å². The van der Waals surface area contributed by atoms with Gasteiger partial charge in [-0.3, -0.25) is 0 Å². The van der Waals surface area contributed by atoms with Crippen LogP contribution in [0.15, 0.2) is 110 Å². The molecule has 2 aliphatic heterocycles. The summed E-state index contributed by atoms with van der Waals surface area (Å²) in [5.41, 5.74) is 6.55. The Morgan fingerprint density at radius 3 is 1.26 bits per heavy atom. The predicted octanol–water partition coefficient (Wildman–Crippen LogP) is 9.29. The Hall–Kier alpha value is -7.82. The molecule has 0 spiro atoms. The summed E-state index contributed by atoms with van der Waals surface area (Å²) in [5, 5.41) is 9.50. The highest BCUT2D eigenvalue weighted by atomic mass is 16.5. The molecule has 16 heteroatoms. The molecule has 6 heterocycles. The smallest absolute Gasteiger partial charge is 0.174 e. The molecule has 16 nitrogen and oxygen atoms in total. The van der Waals surface area contributed by atoms with Gasteiger partial charge in [0.15, 0.2) is 34.5 Å². The number of hydrogen-bond donors (Lipinski definition) is 0. The summed E-state index contributed by atoms with van der Waals surface area (Å²) in [6.07, 6.45) is 18.9. The standard InChI is InChI=1S/2C27H29N5O3/c2*1-19-17-31(18-28-19)23-12-6-20(16-24(23)34-3)7-13-25-29-26-27(35-4,14-5-15-32(26)30-25)21-8-10-22(33-2)11-9-21/h2*6-13,16-18H,5,14-15H2,1-4H3/b2*13-7+/t2*27-/m10/s1. The second-order valence-electron chi connectivity index (χ2n) is 17.1. The number of nitrogens with zero attached hydrogens (tertiary/aromatic N) is 10. The van der Waals surface area contributed by atoms with E-state index < -0.39 is 11.2 Å². The van der Waals surface area contributed by atoms with Gasteiger partial charge in [-0.2, -0.15) is 10.2 Å². The van der Waals surface area contributed by atoms with E-state index in [0.717, 1.165) is 118 Å². The topological polar surface area (TPSA) is 152 Å². The van der Waals surface area contributed by atoms with E-state index in [4.69, 9.17) is 48.6 Å². The molecule has 0 amide bonds. The second kappa shape index (κ2) is 20.4. The minimum atomic E-state index is -0.641. The van der Waals surface area contributed by atoms with Gasteiger partial charge in [-0.15, -0.1) is 0 Å². The van der Waals surface area contributed by atoms with E-state index in [9.17, 15) is 0 Å². The Morgan fingerprint density at radius 2 is 0.914 bits per heavy atom. The number of benzene rings is 4. The number of fused-ring (bicyclic) bond motifs is 2. The Balaban J connectivity index is 0.000000174. The maximum Gasteiger partial charge on any atom is 0.174 e. The second-order valence-corrected chi connectivity index (χ2v) is 17.1. The van der Waals surface area contributed by atoms with Gasteiger partial charge in [0.05, 0.1) is 63.9 Å². The van der Waals surface area contributed by atoms with Gasteiger partial charge in [-0.1, -0.05) is 48.6 Å². The van der Waals surface area contributed by atoms with Gasteiger partial charge in [-0.05, 0) is 122 Å². The quantitative estimate of drug-likeness (QED) is 0.102. The molecule has 4 aromatic carbocycles. The van der Waals surface area contributed by atoms with E-state index in [0.29, 0.717) is 11.6 Å². The van der Waals surface area contributed by atoms with Crippen LogP contribution in [-0.4, -0.2) is 91.3 Å². The maximum absolute atomic E-state index is 6.12. The maximum atomic E-state index is 6.12. The average molecular weight is 943 g/mol. The van der Waals surface area contributed by atoms with Crippen LogP contribution in [0.5, 0.6) is 23.0 Å². The molecule has 0 saturated heterocycles. The molecular formula is C54H58N10O6. The van der Waals surface area contributed by atoms with Crippen molar-refractivity contribution in [1.29, 1.82) is 0 Å². The van der Waals surface area contributed by atoms with E-state index >= 15 is 0 Å². The van der Waals surface area contributed by atoms with E-state index in [1.807, 2.05) is 154 Å². The summed E-state index contributed by atoms with van der Waals surface area (Å²) in [6, 6.07) is 28.1. The van der Waals surface area contributed by atoms with Gasteiger partial charge < -0.3 is 37.6 Å². The Labute approximate surface area is 407 Å². The molecule has 0 radical (unpaired) electrons. The Kier molecular flexibility index (Phi) is 13.8. The van der Waals surface area contributed by atoms with Crippen LogP contribution in [0.25, 0.3) is 35.7 Å². The third-order valence-electron chi connectivity index (χ3n) is 12.9. The molecule has 2 aliphatic rings. The fraction of sp³-hybridized carbons (Fsp3) is 0.296. The van der Waals surface area contributed by atoms with Crippen LogP contribution in [0.1, 0.15) is 82.6 Å². The Bertz CT molecular complexity index is 2920. The van der Waals surface area contributed by atoms with E-state index in [1.54, 1.807) is 55.3 Å². The van der Waals surface area contributed by atoms with Gasteiger partial charge in [-0.25, -0.2) is 29.3 Å². The summed E-state index contributed by atoms with van der Waals surface area (Å²) >= 11 is 0. The zero-order valence-corrected chi connectivity index (χ0v) is 40.9. The van der Waals surface area contributed by atoms with Crippen molar-refractivity contribution in [2.24, 2.45) is 0 Å². The largest absolute Gasteiger partial charge is 0.497 e. The number of methoxy groups -OCH3 is 6. The van der Waals surface area contributed by atoms with Crippen LogP contribution in [0.3, 0.4) is 0 Å². The first kappa shape index (κ1) is 47.3. The first-order valence-electron chi connectivity index (χ1n) is 23.2. The van der Waals surface area contributed by atoms with Gasteiger partial charge >= 0.3 is 0 Å². The van der Waals surface area contributed by atoms with Gasteiger partial charge in [0.2, 0.25) is 0 Å². The van der Waals surface area contributed by atoms with Crippen LogP contribution < -0.4 is 18.9 Å². The lowest BCUT2D eigenvalue weighted by Gasteiger charge is -2.35. The number of aryl methyl sites for hydroxylation is 4. The van der Waals surface area contributed by atoms with Crippen molar-refractivity contribution in [2.75, 3.05) is 42.7 Å². The molecule has 70 heavy (non-hydrogen) atoms. The fourth-order valence-corrected chi connectivity index (χ4v) is 9.31. The van der Waals surface area contributed by atoms with Crippen molar-refractivity contribution < 1.29 is 28.4 Å². The van der Waals surface area contributed by atoms with Gasteiger partial charge in [0, 0.05) is 39.7 Å². The average Bonchev–Trinajstić information content (AvgIpc) is 4.24. The molecule has 2 atom stereocenters. The lowest BCUT2D eigenvalue weighted by atomic mass is 9.86. The van der Waals surface area contributed by atoms with Crippen molar-refractivity contribution in [3.8, 4) is 34.4 Å². The van der Waals surface area contributed by atoms with E-state index in [1.165, 1.54) is 0 Å². The normalized spacial score (nSPS) is 17.5. The van der Waals surface area contributed by atoms with Crippen LogP contribution >= 0.6 is 0 Å². The highest BCUT2D eigenvalue weighted by Gasteiger charge is 2.43. The minimum absolute atomic E-state index is 0.641. The van der Waals surface area contributed by atoms with Crippen molar-refractivity contribution in [3.05, 3.63) is 167 Å². The molecular weight excluding hydrogens is 885 g/mol. The zero-order valence-electron chi connectivity index (χ0n) is 40.9. The summed E-state index contributed by atoms with van der Waals surface area (Å²) in [7, 11) is 10.1. The Morgan fingerprint density at radius 1 is 0.500 bits per heavy atom. The SMILES string of the molecule is COc1ccc([C@@]2(OC)CCCn3nc(/C=C/c4ccc(-n5cnc(C)c5)c(OC)c4)nc32)cc1.COc1ccc([C@]2(OC)CCCn3nc(/C=C/c4ccc(-n5cnc(C)c5)c(OC)c4)nc32)cc1. The molecule has 0 unspecified atom stereocenters. The third kappa shape index (κ3) is 9.34. The first-order chi connectivity index (χ1) is 34.1. The molecule has 8 aromatic rings. The van der Waals surface area contributed by atoms with Crippen LogP contribution in [-0.2, 0) is 33.8 Å². The summed E-state index contributed by atoms with van der Waals surface area (Å²) < 4.78 is 42.0. The third-order valence-corrected chi connectivity index (χ3v) is 12.9. The number of aromatic nitrogens is 10. The summed E-state index contributed by atoms with van der Waals surface area (Å²) in [4.78, 5) is 18.4. The molecule has 4 aromatic heterocycles. The lowest BCUT2D eigenvalue weighted by molar-refractivity contribution is -0.00961. The summed E-state index contributed by atoms with van der Waals surface area (Å²) in [5.74, 6) is 6.07. The molecule has 360 valence electrons. The molecule has 0 N–H and O–H groups in total. The zero-order chi connectivity index (χ0) is 48.8. The highest BCUT2D eigenvalue weighted by Crippen LogP contribution is 2.42. The van der Waals surface area contributed by atoms with Crippen LogP contribution in [0.4, 0.5) is 0 Å². The number of imidazole rings is 2. The monoisotopic (exact) mass is 942 g/mol. The molecule has 10 rings (SSSR count). The number of rotatable bonds is 14. The highest BCUT2D eigenvalue weighted by molar-refractivity contribution is 5.70. The molecule has 0 fully saturated rings. The van der Waals surface area contributed by atoms with Gasteiger partial charge in [0.25, 0.3) is 0 Å². The predicted molar refractivity (Wildman–Crippen MR) is 268 cm³/mol. The van der Waals surface area contributed by atoms with Crippen molar-refractivity contribution in [2.45, 2.75) is 63.8 Å². The minimum Gasteiger partial charge on any atom is -0.497 e. The van der Waals surface area contributed by atoms with E-state index in [2.05, 4.69) is 9.97 Å². The number of ether oxygens (including phenoxy) is 6. The van der Waals surface area contributed by atoms with Crippen molar-refractivity contribution in [1.82, 2.24) is 48.6 Å². The first-order valence-corrected chi connectivity index (χ1v) is 23.2. The fourth-order valence-electron chi connectivity index (χ4n) is 9.31. The van der Waals surface area contributed by atoms with Crippen LogP contribution in [0, 0.1) is 13.8 Å². The molecule has 0 saturated carbocycles. The van der Waals surface area contributed by atoms with E-state index in [-0.39, 0.29) is 0 Å². The lowest BCUT2D eigenvalue weighted by Crippen LogP contribution is -2.37. The number of hydrogen-bond acceptors (Lipinski definition) is 12. The van der Waals surface area contributed by atoms with Crippen LogP contribution in [0.2, 0.25) is 0 Å². The van der Waals surface area contributed by atoms with Crippen molar-refractivity contribution >= 4 is 24.3 Å².